The van der Waals surface area contributed by atoms with E-state index in [0.29, 0.717) is 14.8 Å². The first-order valence-electron chi connectivity index (χ1n) is 3.70. The van der Waals surface area contributed by atoms with Gasteiger partial charge in [0.15, 0.2) is 0 Å². The highest BCUT2D eigenvalue weighted by Crippen LogP contribution is 2.23. The van der Waals surface area contributed by atoms with E-state index in [0.717, 1.165) is 0 Å². The molecule has 0 bridgehead atoms. The molecule has 2 aromatic rings. The van der Waals surface area contributed by atoms with Crippen molar-refractivity contribution in [1.29, 1.82) is 0 Å². The molecule has 2 heterocycles. The largest absolute Gasteiger partial charge is 0.367 e. The van der Waals surface area contributed by atoms with Crippen LogP contribution in [0.15, 0.2) is 30.6 Å². The van der Waals surface area contributed by atoms with Crippen molar-refractivity contribution in [3.8, 4) is 0 Å². The van der Waals surface area contributed by atoms with E-state index in [4.69, 9.17) is 11.6 Å². The summed E-state index contributed by atoms with van der Waals surface area (Å²) in [6, 6.07) is 5.21. The average Bonchev–Trinajstić information content (AvgIpc) is 2.72. The summed E-state index contributed by atoms with van der Waals surface area (Å²) in [5.41, 5.74) is 0.665. The number of halogens is 1. The number of carbonyl (C=O) groups is 1. The Kier molecular flexibility index (Phi) is 2.20. The lowest BCUT2D eigenvalue weighted by Gasteiger charge is -1.90. The van der Waals surface area contributed by atoms with Crippen molar-refractivity contribution in [2.75, 3.05) is 0 Å². The van der Waals surface area contributed by atoms with Crippen LogP contribution in [-0.4, -0.2) is 10.8 Å². The molecular weight excluding hydrogens is 206 g/mol. The minimum absolute atomic E-state index is 0.0122. The summed E-state index contributed by atoms with van der Waals surface area (Å²) >= 11 is 7.02. The molecule has 13 heavy (non-hydrogen) atoms. The van der Waals surface area contributed by atoms with Crippen molar-refractivity contribution in [1.82, 2.24) is 4.98 Å². The summed E-state index contributed by atoms with van der Waals surface area (Å²) in [6.45, 7) is 0. The number of H-pyrrole nitrogens is 1. The summed E-state index contributed by atoms with van der Waals surface area (Å²) < 4.78 is 0.638. The molecular formula is C9H6ClNOS. The van der Waals surface area contributed by atoms with E-state index in [1.54, 1.807) is 30.6 Å². The summed E-state index contributed by atoms with van der Waals surface area (Å²) in [4.78, 5) is 15.2. The van der Waals surface area contributed by atoms with Crippen LogP contribution in [0.4, 0.5) is 0 Å². The first-order chi connectivity index (χ1) is 6.27. The van der Waals surface area contributed by atoms with Gasteiger partial charge in [-0.05, 0) is 18.2 Å². The fourth-order valence-corrected chi connectivity index (χ4v) is 2.05. The quantitative estimate of drug-likeness (QED) is 0.762. The van der Waals surface area contributed by atoms with Crippen molar-refractivity contribution in [2.45, 2.75) is 0 Å². The number of rotatable bonds is 2. The van der Waals surface area contributed by atoms with Crippen LogP contribution in [0.1, 0.15) is 15.2 Å². The van der Waals surface area contributed by atoms with Crippen LogP contribution in [0.25, 0.3) is 0 Å². The number of aromatic amines is 1. The first-order valence-corrected chi connectivity index (χ1v) is 4.89. The van der Waals surface area contributed by atoms with Crippen molar-refractivity contribution in [3.05, 3.63) is 45.4 Å². The van der Waals surface area contributed by atoms with E-state index in [1.165, 1.54) is 11.3 Å². The highest BCUT2D eigenvalue weighted by molar-refractivity contribution is 7.18. The van der Waals surface area contributed by atoms with E-state index >= 15 is 0 Å². The molecule has 2 rings (SSSR count). The third kappa shape index (κ3) is 1.66. The summed E-state index contributed by atoms with van der Waals surface area (Å²) in [5, 5.41) is 0. The van der Waals surface area contributed by atoms with Gasteiger partial charge in [-0.3, -0.25) is 4.79 Å². The number of thiophene rings is 1. The van der Waals surface area contributed by atoms with Crippen LogP contribution in [0.2, 0.25) is 4.34 Å². The number of ketones is 1. The molecule has 0 amide bonds. The molecule has 1 N–H and O–H groups in total. The number of hydrogen-bond acceptors (Lipinski definition) is 2. The Bertz CT molecular complexity index is 419. The molecule has 0 aliphatic carbocycles. The van der Waals surface area contributed by atoms with Gasteiger partial charge in [0.1, 0.15) is 0 Å². The van der Waals surface area contributed by atoms with E-state index in [2.05, 4.69) is 4.98 Å². The Morgan fingerprint density at radius 1 is 1.38 bits per heavy atom. The van der Waals surface area contributed by atoms with Crippen LogP contribution in [0.5, 0.6) is 0 Å². The molecule has 0 saturated carbocycles. The molecule has 0 aliphatic heterocycles. The second kappa shape index (κ2) is 3.36. The second-order valence-electron chi connectivity index (χ2n) is 2.53. The molecule has 2 nitrogen and oxygen atoms in total. The molecule has 0 saturated heterocycles. The maximum atomic E-state index is 11.7. The third-order valence-electron chi connectivity index (χ3n) is 1.66. The van der Waals surface area contributed by atoms with Crippen molar-refractivity contribution < 1.29 is 4.79 Å². The van der Waals surface area contributed by atoms with Gasteiger partial charge in [0.25, 0.3) is 0 Å². The van der Waals surface area contributed by atoms with Crippen LogP contribution < -0.4 is 0 Å². The smallest absolute Gasteiger partial charge is 0.204 e. The fraction of sp³-hybridized carbons (Fsp3) is 0. The standard InChI is InChI=1S/C9H6ClNOS/c10-8-2-1-7(13-8)9(12)6-3-4-11-5-6/h1-5,11H. The Morgan fingerprint density at radius 2 is 2.23 bits per heavy atom. The van der Waals surface area contributed by atoms with Gasteiger partial charge in [-0.2, -0.15) is 0 Å². The van der Waals surface area contributed by atoms with E-state index < -0.39 is 0 Å². The van der Waals surface area contributed by atoms with Crippen molar-refractivity contribution in [3.63, 3.8) is 0 Å². The normalized spacial score (nSPS) is 10.2. The fourth-order valence-electron chi connectivity index (χ4n) is 1.04. The predicted octanol–water partition coefficient (Wildman–Crippen LogP) is 2.96. The van der Waals surface area contributed by atoms with Crippen LogP contribution in [0.3, 0.4) is 0 Å². The van der Waals surface area contributed by atoms with Gasteiger partial charge in [0, 0.05) is 18.0 Å². The molecule has 66 valence electrons. The lowest BCUT2D eigenvalue weighted by Crippen LogP contribution is -1.95. The number of hydrogen-bond donors (Lipinski definition) is 1. The van der Waals surface area contributed by atoms with Crippen molar-refractivity contribution in [2.24, 2.45) is 0 Å². The Labute approximate surface area is 84.2 Å². The summed E-state index contributed by atoms with van der Waals surface area (Å²) in [5.74, 6) is 0.0122. The predicted molar refractivity (Wildman–Crippen MR) is 53.6 cm³/mol. The molecule has 0 radical (unpaired) electrons. The molecule has 4 heteroatoms. The van der Waals surface area contributed by atoms with Gasteiger partial charge < -0.3 is 4.98 Å². The molecule has 0 fully saturated rings. The second-order valence-corrected chi connectivity index (χ2v) is 4.25. The summed E-state index contributed by atoms with van der Waals surface area (Å²) in [6.07, 6.45) is 3.40. The first kappa shape index (κ1) is 8.53. The lowest BCUT2D eigenvalue weighted by molar-refractivity contribution is 0.104. The van der Waals surface area contributed by atoms with Crippen LogP contribution >= 0.6 is 22.9 Å². The Morgan fingerprint density at radius 3 is 2.77 bits per heavy atom. The number of carbonyl (C=O) groups excluding carboxylic acids is 1. The molecule has 0 atom stereocenters. The maximum Gasteiger partial charge on any atom is 0.204 e. The molecule has 0 aromatic carbocycles. The highest BCUT2D eigenvalue weighted by Gasteiger charge is 2.10. The van der Waals surface area contributed by atoms with Crippen LogP contribution in [-0.2, 0) is 0 Å². The Balaban J connectivity index is 2.33. The molecule has 2 aromatic heterocycles. The third-order valence-corrected chi connectivity index (χ3v) is 2.89. The molecule has 0 unspecified atom stereocenters. The number of nitrogens with one attached hydrogen (secondary N) is 1. The minimum Gasteiger partial charge on any atom is -0.367 e. The lowest BCUT2D eigenvalue weighted by atomic mass is 10.2. The minimum atomic E-state index is 0.0122. The maximum absolute atomic E-state index is 11.7. The monoisotopic (exact) mass is 211 g/mol. The van der Waals surface area contributed by atoms with Gasteiger partial charge >= 0.3 is 0 Å². The van der Waals surface area contributed by atoms with Gasteiger partial charge in [-0.25, -0.2) is 0 Å². The summed E-state index contributed by atoms with van der Waals surface area (Å²) in [7, 11) is 0. The van der Waals surface area contributed by atoms with Gasteiger partial charge in [0.05, 0.1) is 9.21 Å². The van der Waals surface area contributed by atoms with Crippen molar-refractivity contribution >= 4 is 28.7 Å². The van der Waals surface area contributed by atoms with Crippen LogP contribution in [0, 0.1) is 0 Å². The van der Waals surface area contributed by atoms with Gasteiger partial charge in [-0.15, -0.1) is 11.3 Å². The Hall–Kier alpha value is -1.06. The van der Waals surface area contributed by atoms with E-state index in [-0.39, 0.29) is 5.78 Å². The highest BCUT2D eigenvalue weighted by atomic mass is 35.5. The zero-order valence-corrected chi connectivity index (χ0v) is 8.15. The SMILES string of the molecule is O=C(c1cc[nH]c1)c1ccc(Cl)s1. The zero-order chi connectivity index (χ0) is 9.26. The zero-order valence-electron chi connectivity index (χ0n) is 6.58. The average molecular weight is 212 g/mol. The molecule has 0 spiro atoms. The topological polar surface area (TPSA) is 32.9 Å². The number of aromatic nitrogens is 1. The van der Waals surface area contributed by atoms with Gasteiger partial charge in [0.2, 0.25) is 5.78 Å². The molecule has 0 aliphatic rings. The van der Waals surface area contributed by atoms with Gasteiger partial charge in [-0.1, -0.05) is 11.6 Å². The van der Waals surface area contributed by atoms with E-state index in [1.807, 2.05) is 0 Å². The van der Waals surface area contributed by atoms with E-state index in [9.17, 15) is 4.79 Å².